The van der Waals surface area contributed by atoms with Crippen LogP contribution in [-0.2, 0) is 9.47 Å². The van der Waals surface area contributed by atoms with Crippen LogP contribution in [0.5, 0.6) is 0 Å². The summed E-state index contributed by atoms with van der Waals surface area (Å²) in [4.78, 5) is 10.6. The van der Waals surface area contributed by atoms with Gasteiger partial charge in [0.1, 0.15) is 18.2 Å². The van der Waals surface area contributed by atoms with Crippen LogP contribution >= 0.6 is 0 Å². The molecule has 5 unspecified atom stereocenters. The molecule has 0 aromatic carbocycles. The summed E-state index contributed by atoms with van der Waals surface area (Å²) in [5, 5.41) is 24.7. The largest absolute Gasteiger partial charge is 0.388 e. The Kier molecular flexibility index (Phi) is 4.55. The Hall–Kier alpha value is -0.600. The normalized spacial score (nSPS) is 41.5. The SMILES string of the molecule is CNC1C(O)OC(COC)C(O)C1N=O. The highest BCUT2D eigenvalue weighted by Crippen LogP contribution is 2.22. The van der Waals surface area contributed by atoms with Crippen molar-refractivity contribution in [1.29, 1.82) is 0 Å². The second-order valence-electron chi connectivity index (χ2n) is 3.42. The number of methoxy groups -OCH3 is 1. The number of ether oxygens (including phenoxy) is 2. The highest BCUT2D eigenvalue weighted by atomic mass is 16.6. The van der Waals surface area contributed by atoms with E-state index >= 15 is 0 Å². The van der Waals surface area contributed by atoms with Crippen LogP contribution in [0.2, 0.25) is 0 Å². The zero-order valence-electron chi connectivity index (χ0n) is 8.66. The molecule has 0 spiro atoms. The summed E-state index contributed by atoms with van der Waals surface area (Å²) in [6.07, 6.45) is -3.00. The van der Waals surface area contributed by atoms with E-state index in [-0.39, 0.29) is 6.61 Å². The van der Waals surface area contributed by atoms with Crippen molar-refractivity contribution >= 4 is 0 Å². The van der Waals surface area contributed by atoms with Crippen LogP contribution in [0.15, 0.2) is 5.18 Å². The second-order valence-corrected chi connectivity index (χ2v) is 3.42. The molecule has 0 saturated carbocycles. The van der Waals surface area contributed by atoms with Gasteiger partial charge in [0.05, 0.1) is 12.6 Å². The molecule has 0 radical (unpaired) electrons. The summed E-state index contributed by atoms with van der Waals surface area (Å²) in [5.74, 6) is 0. The van der Waals surface area contributed by atoms with Gasteiger partial charge in [0, 0.05) is 7.11 Å². The highest BCUT2D eigenvalue weighted by molar-refractivity contribution is 4.96. The molecule has 0 amide bonds. The second kappa shape index (κ2) is 5.47. The van der Waals surface area contributed by atoms with Gasteiger partial charge >= 0.3 is 0 Å². The third kappa shape index (κ3) is 2.50. The highest BCUT2D eigenvalue weighted by Gasteiger charge is 2.45. The third-order valence-corrected chi connectivity index (χ3v) is 2.51. The van der Waals surface area contributed by atoms with Gasteiger partial charge in [-0.25, -0.2) is 0 Å². The molecule has 1 fully saturated rings. The maximum absolute atomic E-state index is 10.6. The molecule has 88 valence electrons. The van der Waals surface area contributed by atoms with E-state index in [0.29, 0.717) is 0 Å². The van der Waals surface area contributed by atoms with Crippen LogP contribution < -0.4 is 5.32 Å². The lowest BCUT2D eigenvalue weighted by molar-refractivity contribution is -0.228. The summed E-state index contributed by atoms with van der Waals surface area (Å²) < 4.78 is 9.90. The summed E-state index contributed by atoms with van der Waals surface area (Å²) >= 11 is 0. The molecule has 0 aliphatic carbocycles. The molecule has 7 heteroatoms. The summed E-state index contributed by atoms with van der Waals surface area (Å²) in [6.45, 7) is 0.0979. The van der Waals surface area contributed by atoms with Crippen molar-refractivity contribution in [3.63, 3.8) is 0 Å². The predicted molar refractivity (Wildman–Crippen MR) is 51.2 cm³/mol. The molecular weight excluding hydrogens is 204 g/mol. The van der Waals surface area contributed by atoms with Gasteiger partial charge in [0.15, 0.2) is 6.29 Å². The Morgan fingerprint density at radius 2 is 2.20 bits per heavy atom. The molecule has 15 heavy (non-hydrogen) atoms. The number of nitrogens with one attached hydrogen (secondary N) is 1. The van der Waals surface area contributed by atoms with Gasteiger partial charge < -0.3 is 25.0 Å². The van der Waals surface area contributed by atoms with Gasteiger partial charge in [0.2, 0.25) is 0 Å². The fraction of sp³-hybridized carbons (Fsp3) is 1.00. The first kappa shape index (κ1) is 12.5. The molecule has 1 aliphatic rings. The van der Waals surface area contributed by atoms with Crippen molar-refractivity contribution in [1.82, 2.24) is 5.32 Å². The first-order chi connectivity index (χ1) is 7.15. The van der Waals surface area contributed by atoms with Crippen LogP contribution in [0, 0.1) is 4.91 Å². The minimum atomic E-state index is -1.18. The van der Waals surface area contributed by atoms with Gasteiger partial charge in [-0.05, 0) is 7.05 Å². The van der Waals surface area contributed by atoms with E-state index in [1.54, 1.807) is 7.05 Å². The Labute approximate surface area is 87.3 Å². The number of hydrogen-bond donors (Lipinski definition) is 3. The molecule has 0 bridgehead atoms. The van der Waals surface area contributed by atoms with Crippen LogP contribution in [-0.4, -0.2) is 61.6 Å². The van der Waals surface area contributed by atoms with Crippen molar-refractivity contribution in [3.8, 4) is 0 Å². The van der Waals surface area contributed by atoms with E-state index < -0.39 is 30.6 Å². The smallest absolute Gasteiger partial charge is 0.172 e. The molecule has 5 atom stereocenters. The van der Waals surface area contributed by atoms with Crippen LogP contribution in [0.1, 0.15) is 0 Å². The minimum Gasteiger partial charge on any atom is -0.388 e. The first-order valence-electron chi connectivity index (χ1n) is 4.66. The summed E-state index contributed by atoms with van der Waals surface area (Å²) in [6, 6.07) is -1.65. The van der Waals surface area contributed by atoms with Crippen LogP contribution in [0.25, 0.3) is 0 Å². The van der Waals surface area contributed by atoms with Gasteiger partial charge in [-0.1, -0.05) is 5.18 Å². The van der Waals surface area contributed by atoms with Crippen molar-refractivity contribution in [3.05, 3.63) is 4.91 Å². The Morgan fingerprint density at radius 1 is 1.53 bits per heavy atom. The van der Waals surface area contributed by atoms with E-state index in [4.69, 9.17) is 9.47 Å². The molecule has 1 rings (SSSR count). The molecular formula is C8H16N2O5. The maximum atomic E-state index is 10.6. The summed E-state index contributed by atoms with van der Waals surface area (Å²) in [7, 11) is 2.99. The van der Waals surface area contributed by atoms with Crippen molar-refractivity contribution in [2.45, 2.75) is 30.6 Å². The van der Waals surface area contributed by atoms with Crippen LogP contribution in [0.4, 0.5) is 0 Å². The number of nitroso groups, excluding NO2 is 1. The number of nitrogens with zero attached hydrogens (tertiary/aromatic N) is 1. The molecule has 7 nitrogen and oxygen atoms in total. The zero-order chi connectivity index (χ0) is 11.4. The number of aliphatic hydroxyl groups is 2. The third-order valence-electron chi connectivity index (χ3n) is 2.51. The van der Waals surface area contributed by atoms with E-state index in [2.05, 4.69) is 10.5 Å². The predicted octanol–water partition coefficient (Wildman–Crippen LogP) is -1.57. The number of hydrogen-bond acceptors (Lipinski definition) is 7. The minimum absolute atomic E-state index is 0.0979. The monoisotopic (exact) mass is 220 g/mol. The Morgan fingerprint density at radius 3 is 2.67 bits per heavy atom. The fourth-order valence-electron chi connectivity index (χ4n) is 1.69. The van der Waals surface area contributed by atoms with E-state index in [9.17, 15) is 15.1 Å². The fourth-order valence-corrected chi connectivity index (χ4v) is 1.69. The van der Waals surface area contributed by atoms with Gasteiger partial charge in [-0.2, -0.15) is 4.91 Å². The first-order valence-corrected chi connectivity index (χ1v) is 4.66. The van der Waals surface area contributed by atoms with Crippen molar-refractivity contribution in [2.75, 3.05) is 20.8 Å². The number of aliphatic hydroxyl groups excluding tert-OH is 2. The van der Waals surface area contributed by atoms with Gasteiger partial charge in [0.25, 0.3) is 0 Å². The van der Waals surface area contributed by atoms with Gasteiger partial charge in [-0.3, -0.25) is 0 Å². The molecule has 1 heterocycles. The van der Waals surface area contributed by atoms with Gasteiger partial charge in [-0.15, -0.1) is 0 Å². The van der Waals surface area contributed by atoms with Crippen molar-refractivity contribution in [2.24, 2.45) is 5.18 Å². The number of rotatable bonds is 4. The lowest BCUT2D eigenvalue weighted by Crippen LogP contribution is -2.61. The molecule has 0 aromatic rings. The average molecular weight is 220 g/mol. The standard InChI is InChI=1S/C8H16N2O5/c1-9-6-5(10-13)7(11)4(3-14-2)15-8(6)12/h4-9,11-12H,3H2,1-2H3. The number of likely N-dealkylation sites (N-methyl/N-ethyl adjacent to an activating group) is 1. The maximum Gasteiger partial charge on any atom is 0.172 e. The lowest BCUT2D eigenvalue weighted by atomic mass is 9.95. The van der Waals surface area contributed by atoms with Crippen molar-refractivity contribution < 1.29 is 19.7 Å². The van der Waals surface area contributed by atoms with Crippen LogP contribution in [0.3, 0.4) is 0 Å². The van der Waals surface area contributed by atoms with E-state index in [1.807, 2.05) is 0 Å². The summed E-state index contributed by atoms with van der Waals surface area (Å²) in [5.41, 5.74) is 0. The molecule has 1 aliphatic heterocycles. The average Bonchev–Trinajstić information content (AvgIpc) is 2.22. The van der Waals surface area contributed by atoms with E-state index in [1.165, 1.54) is 7.11 Å². The Bertz CT molecular complexity index is 215. The molecule has 1 saturated heterocycles. The zero-order valence-corrected chi connectivity index (χ0v) is 8.66. The quantitative estimate of drug-likeness (QED) is 0.495. The topological polar surface area (TPSA) is 100 Å². The lowest BCUT2D eigenvalue weighted by Gasteiger charge is -2.39. The Balaban J connectivity index is 2.74. The molecule has 3 N–H and O–H groups in total. The van der Waals surface area contributed by atoms with E-state index in [0.717, 1.165) is 0 Å². The molecule has 0 aromatic heterocycles.